The topological polar surface area (TPSA) is 27.7 Å². The highest BCUT2D eigenvalue weighted by molar-refractivity contribution is 6.64. The lowest BCUT2D eigenvalue weighted by atomic mass is 9.99. The van der Waals surface area contributed by atoms with Crippen molar-refractivity contribution in [2.45, 2.75) is 71.4 Å². The molecule has 0 rings (SSSR count). The van der Waals surface area contributed by atoms with Crippen molar-refractivity contribution in [2.75, 3.05) is 14.2 Å². The Labute approximate surface area is 108 Å². The molecule has 0 unspecified atom stereocenters. The largest absolute Gasteiger partial charge is 0.506 e. The Morgan fingerprint density at radius 3 is 1.65 bits per heavy atom. The summed E-state index contributed by atoms with van der Waals surface area (Å²) in [7, 11) is 0.846. The quantitative estimate of drug-likeness (QED) is 0.588. The maximum Gasteiger partial charge on any atom is 0.506 e. The van der Waals surface area contributed by atoms with Crippen LogP contribution >= 0.6 is 0 Å². The van der Waals surface area contributed by atoms with Crippen molar-refractivity contribution in [2.24, 2.45) is 0 Å². The van der Waals surface area contributed by atoms with Gasteiger partial charge in [0, 0.05) is 25.4 Å². The van der Waals surface area contributed by atoms with E-state index in [1.807, 2.05) is 13.8 Å². The molecule has 0 saturated carbocycles. The molecule has 0 saturated heterocycles. The van der Waals surface area contributed by atoms with Crippen LogP contribution in [0.2, 0.25) is 5.04 Å². The Balaban J connectivity index is 5.18. The SMILES string of the molecule is CCCC(C)(CCC)[Si](OC)(OC)OC(C)C. The third kappa shape index (κ3) is 4.05. The second-order valence-electron chi connectivity index (χ2n) is 5.19. The van der Waals surface area contributed by atoms with Gasteiger partial charge in [-0.05, 0) is 26.7 Å². The van der Waals surface area contributed by atoms with Crippen LogP contribution in [0.25, 0.3) is 0 Å². The highest BCUT2D eigenvalue weighted by Gasteiger charge is 2.56. The van der Waals surface area contributed by atoms with Crippen LogP contribution in [0.5, 0.6) is 0 Å². The normalized spacial score (nSPS) is 13.4. The van der Waals surface area contributed by atoms with Gasteiger partial charge in [-0.15, -0.1) is 0 Å². The second-order valence-corrected chi connectivity index (χ2v) is 8.56. The fourth-order valence-electron chi connectivity index (χ4n) is 2.66. The third-order valence-electron chi connectivity index (χ3n) is 3.27. The van der Waals surface area contributed by atoms with Crippen molar-refractivity contribution in [3.63, 3.8) is 0 Å². The Morgan fingerprint density at radius 2 is 1.41 bits per heavy atom. The maximum atomic E-state index is 6.10. The van der Waals surface area contributed by atoms with Crippen LogP contribution < -0.4 is 0 Å². The van der Waals surface area contributed by atoms with Crippen LogP contribution in [-0.2, 0) is 13.3 Å². The first-order valence-electron chi connectivity index (χ1n) is 6.69. The molecule has 17 heavy (non-hydrogen) atoms. The highest BCUT2D eigenvalue weighted by Crippen LogP contribution is 2.47. The van der Waals surface area contributed by atoms with Gasteiger partial charge in [-0.25, -0.2) is 0 Å². The first-order chi connectivity index (χ1) is 7.91. The molecule has 0 aliphatic carbocycles. The Morgan fingerprint density at radius 1 is 1.00 bits per heavy atom. The molecule has 0 atom stereocenters. The molecule has 0 fully saturated rings. The molecule has 0 aromatic rings. The van der Waals surface area contributed by atoms with Gasteiger partial charge in [-0.1, -0.05) is 33.6 Å². The second kappa shape index (κ2) is 7.51. The van der Waals surface area contributed by atoms with Crippen molar-refractivity contribution in [3.8, 4) is 0 Å². The molecule has 0 heterocycles. The summed E-state index contributed by atoms with van der Waals surface area (Å²) in [6.45, 7) is 10.7. The number of rotatable bonds is 9. The molecule has 0 spiro atoms. The average molecular weight is 262 g/mol. The minimum atomic E-state index is -2.60. The van der Waals surface area contributed by atoms with Gasteiger partial charge in [0.25, 0.3) is 0 Å². The molecule has 0 aromatic heterocycles. The van der Waals surface area contributed by atoms with E-state index in [1.54, 1.807) is 14.2 Å². The van der Waals surface area contributed by atoms with E-state index in [-0.39, 0.29) is 11.1 Å². The molecule has 0 radical (unpaired) electrons. The van der Waals surface area contributed by atoms with Gasteiger partial charge in [-0.2, -0.15) is 0 Å². The molecular formula is C13H30O3Si. The van der Waals surface area contributed by atoms with Crippen molar-refractivity contribution in [1.82, 2.24) is 0 Å². The fraction of sp³-hybridized carbons (Fsp3) is 1.00. The van der Waals surface area contributed by atoms with Crippen LogP contribution in [-0.4, -0.2) is 29.1 Å². The van der Waals surface area contributed by atoms with Crippen LogP contribution in [0.15, 0.2) is 0 Å². The minimum Gasteiger partial charge on any atom is -0.376 e. The molecule has 0 N–H and O–H groups in total. The predicted molar refractivity (Wildman–Crippen MR) is 74.2 cm³/mol. The molecule has 0 aromatic carbocycles. The zero-order valence-electron chi connectivity index (χ0n) is 12.6. The average Bonchev–Trinajstić information content (AvgIpc) is 2.26. The third-order valence-corrected chi connectivity index (χ3v) is 7.11. The van der Waals surface area contributed by atoms with Crippen molar-refractivity contribution in [1.29, 1.82) is 0 Å². The summed E-state index contributed by atoms with van der Waals surface area (Å²) in [6, 6.07) is 0. The Hall–Kier alpha value is 0.0969. The smallest absolute Gasteiger partial charge is 0.376 e. The summed E-state index contributed by atoms with van der Waals surface area (Å²) in [5.41, 5.74) is 0. The summed E-state index contributed by atoms with van der Waals surface area (Å²) in [5.74, 6) is 0. The summed E-state index contributed by atoms with van der Waals surface area (Å²) >= 11 is 0. The van der Waals surface area contributed by atoms with Crippen molar-refractivity contribution >= 4 is 8.80 Å². The van der Waals surface area contributed by atoms with Gasteiger partial charge in [0.2, 0.25) is 0 Å². The van der Waals surface area contributed by atoms with Crippen LogP contribution in [0.1, 0.15) is 60.3 Å². The lowest BCUT2D eigenvalue weighted by Crippen LogP contribution is -2.55. The molecular weight excluding hydrogens is 232 g/mol. The van der Waals surface area contributed by atoms with E-state index in [9.17, 15) is 0 Å². The standard InChI is InChI=1S/C13H30O3Si/c1-8-10-13(5,11-9-2)17(14-6,15-7)16-12(3)4/h12H,8-11H2,1-7H3. The van der Waals surface area contributed by atoms with Crippen molar-refractivity contribution < 1.29 is 13.3 Å². The first kappa shape index (κ1) is 17.1. The minimum absolute atomic E-state index is 0.0181. The summed E-state index contributed by atoms with van der Waals surface area (Å²) in [6.07, 6.45) is 4.55. The van der Waals surface area contributed by atoms with Gasteiger partial charge in [0.15, 0.2) is 0 Å². The van der Waals surface area contributed by atoms with E-state index in [1.165, 1.54) is 0 Å². The van der Waals surface area contributed by atoms with E-state index in [4.69, 9.17) is 13.3 Å². The summed E-state index contributed by atoms with van der Waals surface area (Å²) in [5, 5.41) is 0.0181. The summed E-state index contributed by atoms with van der Waals surface area (Å²) < 4.78 is 17.6. The van der Waals surface area contributed by atoms with Gasteiger partial charge in [0.05, 0.1) is 0 Å². The fourth-order valence-corrected chi connectivity index (χ4v) is 6.02. The van der Waals surface area contributed by atoms with E-state index in [0.29, 0.717) is 0 Å². The van der Waals surface area contributed by atoms with Crippen LogP contribution in [0, 0.1) is 0 Å². The summed E-state index contributed by atoms with van der Waals surface area (Å²) in [4.78, 5) is 0. The van der Waals surface area contributed by atoms with Gasteiger partial charge in [0.1, 0.15) is 0 Å². The zero-order valence-corrected chi connectivity index (χ0v) is 13.6. The van der Waals surface area contributed by atoms with Crippen LogP contribution in [0.3, 0.4) is 0 Å². The van der Waals surface area contributed by atoms with E-state index in [0.717, 1.165) is 25.7 Å². The van der Waals surface area contributed by atoms with Gasteiger partial charge in [-0.3, -0.25) is 0 Å². The zero-order chi connectivity index (χ0) is 13.5. The Kier molecular flexibility index (Phi) is 7.56. The van der Waals surface area contributed by atoms with E-state index in [2.05, 4.69) is 20.8 Å². The van der Waals surface area contributed by atoms with E-state index >= 15 is 0 Å². The molecule has 0 bridgehead atoms. The van der Waals surface area contributed by atoms with E-state index < -0.39 is 8.80 Å². The molecule has 0 aliphatic rings. The number of hydrogen-bond acceptors (Lipinski definition) is 3. The maximum absolute atomic E-state index is 6.10. The first-order valence-corrected chi connectivity index (χ1v) is 8.42. The van der Waals surface area contributed by atoms with Gasteiger partial charge >= 0.3 is 8.80 Å². The molecule has 3 nitrogen and oxygen atoms in total. The molecule has 4 heteroatoms. The molecule has 0 amide bonds. The van der Waals surface area contributed by atoms with Crippen molar-refractivity contribution in [3.05, 3.63) is 0 Å². The monoisotopic (exact) mass is 262 g/mol. The predicted octanol–water partition coefficient (Wildman–Crippen LogP) is 4.00. The lowest BCUT2D eigenvalue weighted by Gasteiger charge is -2.43. The lowest BCUT2D eigenvalue weighted by molar-refractivity contribution is 0.0411. The molecule has 0 aliphatic heterocycles. The molecule has 104 valence electrons. The number of hydrogen-bond donors (Lipinski definition) is 0. The van der Waals surface area contributed by atoms with Crippen LogP contribution in [0.4, 0.5) is 0 Å². The van der Waals surface area contributed by atoms with Gasteiger partial charge < -0.3 is 13.3 Å². The highest BCUT2D eigenvalue weighted by atomic mass is 28.4. The Bertz CT molecular complexity index is 197.